The fourth-order valence-corrected chi connectivity index (χ4v) is 3.77. The maximum atomic E-state index is 12.5. The van der Waals surface area contributed by atoms with Crippen molar-refractivity contribution in [2.24, 2.45) is 5.92 Å². The number of amides is 2. The molecule has 0 saturated carbocycles. The summed E-state index contributed by atoms with van der Waals surface area (Å²) >= 11 is 0. The zero-order valence-electron chi connectivity index (χ0n) is 13.8. The Morgan fingerprint density at radius 3 is 2.58 bits per heavy atom. The molecule has 1 spiro atoms. The van der Waals surface area contributed by atoms with Gasteiger partial charge in [0.1, 0.15) is 5.76 Å². The number of aryl methyl sites for hydroxylation is 2. The largest absolute Gasteiger partial charge is 0.481 e. The number of carbonyl (C=O) groups is 3. The minimum Gasteiger partial charge on any atom is -0.481 e. The molecule has 0 aromatic carbocycles. The van der Waals surface area contributed by atoms with Gasteiger partial charge in [0.25, 0.3) is 0 Å². The second kappa shape index (κ2) is 5.92. The first-order valence-corrected chi connectivity index (χ1v) is 8.06. The zero-order chi connectivity index (χ0) is 17.5. The number of carboxylic acid groups (broad SMARTS) is 1. The maximum absolute atomic E-state index is 12.5. The Kier molecular flexibility index (Phi) is 4.06. The van der Waals surface area contributed by atoms with E-state index in [9.17, 15) is 19.5 Å². The molecule has 0 radical (unpaired) electrons. The van der Waals surface area contributed by atoms with Gasteiger partial charge in [-0.3, -0.25) is 14.4 Å². The van der Waals surface area contributed by atoms with E-state index in [1.807, 2.05) is 0 Å². The van der Waals surface area contributed by atoms with Crippen LogP contribution in [0, 0.1) is 19.8 Å². The Hall–Kier alpha value is -2.38. The van der Waals surface area contributed by atoms with E-state index in [4.69, 9.17) is 4.52 Å². The molecule has 3 rings (SSSR count). The third kappa shape index (κ3) is 2.76. The number of aromatic nitrogens is 1. The van der Waals surface area contributed by atoms with Crippen LogP contribution in [0.15, 0.2) is 4.52 Å². The molecule has 2 aliphatic heterocycles. The van der Waals surface area contributed by atoms with Crippen molar-refractivity contribution in [3.8, 4) is 0 Å². The van der Waals surface area contributed by atoms with Gasteiger partial charge in [0.15, 0.2) is 0 Å². The van der Waals surface area contributed by atoms with Crippen molar-refractivity contribution >= 4 is 17.8 Å². The lowest BCUT2D eigenvalue weighted by Gasteiger charge is -2.41. The number of nitrogens with one attached hydrogen (secondary N) is 1. The van der Waals surface area contributed by atoms with Crippen LogP contribution in [0.4, 0.5) is 0 Å². The third-order valence-electron chi connectivity index (χ3n) is 5.26. The number of piperidine rings is 1. The van der Waals surface area contributed by atoms with Gasteiger partial charge in [0.2, 0.25) is 11.8 Å². The van der Waals surface area contributed by atoms with Crippen LogP contribution >= 0.6 is 0 Å². The minimum atomic E-state index is -0.955. The van der Waals surface area contributed by atoms with Gasteiger partial charge in [-0.25, -0.2) is 0 Å². The smallest absolute Gasteiger partial charge is 0.309 e. The highest BCUT2D eigenvalue weighted by Gasteiger charge is 2.51. The van der Waals surface area contributed by atoms with Crippen LogP contribution in [0.3, 0.4) is 0 Å². The Balaban J connectivity index is 1.65. The van der Waals surface area contributed by atoms with E-state index in [-0.39, 0.29) is 24.7 Å². The lowest BCUT2D eigenvalue weighted by atomic mass is 9.77. The van der Waals surface area contributed by atoms with E-state index in [0.29, 0.717) is 37.4 Å². The molecule has 0 aliphatic carbocycles. The van der Waals surface area contributed by atoms with Gasteiger partial charge in [-0.1, -0.05) is 5.16 Å². The van der Waals surface area contributed by atoms with Crippen molar-refractivity contribution < 1.29 is 24.0 Å². The van der Waals surface area contributed by atoms with Crippen LogP contribution in [0.2, 0.25) is 0 Å². The van der Waals surface area contributed by atoms with Gasteiger partial charge < -0.3 is 19.8 Å². The van der Waals surface area contributed by atoms with Gasteiger partial charge in [0.05, 0.1) is 23.6 Å². The van der Waals surface area contributed by atoms with E-state index in [1.54, 1.807) is 18.7 Å². The van der Waals surface area contributed by atoms with E-state index < -0.39 is 17.4 Å². The summed E-state index contributed by atoms with van der Waals surface area (Å²) in [5.41, 5.74) is 0.795. The van der Waals surface area contributed by atoms with Crippen molar-refractivity contribution in [2.75, 3.05) is 13.1 Å². The van der Waals surface area contributed by atoms with E-state index in [1.165, 1.54) is 0 Å². The van der Waals surface area contributed by atoms with Crippen LogP contribution in [0.5, 0.6) is 0 Å². The fraction of sp³-hybridized carbons (Fsp3) is 0.625. The van der Waals surface area contributed by atoms with Crippen molar-refractivity contribution in [1.29, 1.82) is 0 Å². The number of rotatable bonds is 3. The SMILES string of the molecule is Cc1noc(C)c1CC(=O)N1CCC2(CC1)NC(=O)C[C@H]2C(=O)O. The van der Waals surface area contributed by atoms with Gasteiger partial charge in [-0.15, -0.1) is 0 Å². The molecular formula is C16H21N3O5. The summed E-state index contributed by atoms with van der Waals surface area (Å²) in [6.45, 7) is 4.45. The lowest BCUT2D eigenvalue weighted by Crippen LogP contribution is -2.56. The van der Waals surface area contributed by atoms with Crippen molar-refractivity contribution in [3.63, 3.8) is 0 Å². The predicted octanol–water partition coefficient (Wildman–Crippen LogP) is 0.416. The van der Waals surface area contributed by atoms with Crippen molar-refractivity contribution in [3.05, 3.63) is 17.0 Å². The molecule has 1 atom stereocenters. The summed E-state index contributed by atoms with van der Waals surface area (Å²) < 4.78 is 5.08. The molecule has 8 heteroatoms. The number of likely N-dealkylation sites (tertiary alicyclic amines) is 1. The van der Waals surface area contributed by atoms with E-state index >= 15 is 0 Å². The van der Waals surface area contributed by atoms with Crippen LogP contribution in [0.1, 0.15) is 36.3 Å². The Bertz CT molecular complexity index is 668. The van der Waals surface area contributed by atoms with Gasteiger partial charge in [-0.05, 0) is 26.7 Å². The van der Waals surface area contributed by atoms with Crippen LogP contribution in [-0.4, -0.2) is 51.6 Å². The standard InChI is InChI=1S/C16H21N3O5/c1-9-11(10(2)24-18-9)7-14(21)19-5-3-16(4-6-19)12(15(22)23)8-13(20)17-16/h12H,3-8H2,1-2H3,(H,17,20)(H,22,23)/t12-/m0/s1. The monoisotopic (exact) mass is 335 g/mol. The summed E-state index contributed by atoms with van der Waals surface area (Å²) in [5.74, 6) is -1.29. The summed E-state index contributed by atoms with van der Waals surface area (Å²) in [6, 6.07) is 0. The molecule has 1 aromatic heterocycles. The quantitative estimate of drug-likeness (QED) is 0.827. The highest BCUT2D eigenvalue weighted by atomic mass is 16.5. The average molecular weight is 335 g/mol. The normalized spacial score (nSPS) is 22.7. The number of aliphatic carboxylic acids is 1. The van der Waals surface area contributed by atoms with E-state index in [2.05, 4.69) is 10.5 Å². The molecule has 2 fully saturated rings. The summed E-state index contributed by atoms with van der Waals surface area (Å²) in [5, 5.41) is 16.1. The number of hydrogen-bond donors (Lipinski definition) is 2. The lowest BCUT2D eigenvalue weighted by molar-refractivity contribution is -0.145. The first-order valence-electron chi connectivity index (χ1n) is 8.06. The van der Waals surface area contributed by atoms with Gasteiger partial charge in [0, 0.05) is 25.1 Å². The molecule has 130 valence electrons. The van der Waals surface area contributed by atoms with Gasteiger partial charge >= 0.3 is 5.97 Å². The molecule has 0 unspecified atom stereocenters. The maximum Gasteiger partial charge on any atom is 0.309 e. The number of hydrogen-bond acceptors (Lipinski definition) is 5. The van der Waals surface area contributed by atoms with Crippen molar-refractivity contribution in [2.45, 2.75) is 45.1 Å². The molecule has 1 aromatic rings. The number of carbonyl (C=O) groups excluding carboxylic acids is 2. The molecule has 24 heavy (non-hydrogen) atoms. The van der Waals surface area contributed by atoms with E-state index in [0.717, 1.165) is 5.56 Å². The molecule has 2 N–H and O–H groups in total. The number of nitrogens with zero attached hydrogens (tertiary/aromatic N) is 2. The predicted molar refractivity (Wildman–Crippen MR) is 82.1 cm³/mol. The second-order valence-electron chi connectivity index (χ2n) is 6.66. The van der Waals surface area contributed by atoms with Crippen molar-refractivity contribution in [1.82, 2.24) is 15.4 Å². The second-order valence-corrected chi connectivity index (χ2v) is 6.66. The molecule has 2 amide bonds. The average Bonchev–Trinajstić information content (AvgIpc) is 3.02. The van der Waals surface area contributed by atoms with Crippen LogP contribution < -0.4 is 5.32 Å². The highest BCUT2D eigenvalue weighted by Crippen LogP contribution is 2.37. The highest BCUT2D eigenvalue weighted by molar-refractivity contribution is 5.88. The Labute approximate surface area is 139 Å². The molecule has 2 saturated heterocycles. The molecule has 8 nitrogen and oxygen atoms in total. The zero-order valence-corrected chi connectivity index (χ0v) is 13.8. The topological polar surface area (TPSA) is 113 Å². The minimum absolute atomic E-state index is 0.0162. The first kappa shape index (κ1) is 16.5. The summed E-state index contributed by atoms with van der Waals surface area (Å²) in [6.07, 6.45) is 1.16. The molecule has 0 bridgehead atoms. The Morgan fingerprint density at radius 1 is 1.38 bits per heavy atom. The van der Waals surface area contributed by atoms with Crippen LogP contribution in [0.25, 0.3) is 0 Å². The molecular weight excluding hydrogens is 314 g/mol. The van der Waals surface area contributed by atoms with Gasteiger partial charge in [-0.2, -0.15) is 0 Å². The Morgan fingerprint density at radius 2 is 2.04 bits per heavy atom. The summed E-state index contributed by atoms with van der Waals surface area (Å²) in [7, 11) is 0. The first-order chi connectivity index (χ1) is 11.3. The fourth-order valence-electron chi connectivity index (χ4n) is 3.77. The number of carboxylic acids is 1. The van der Waals surface area contributed by atoms with Crippen LogP contribution in [-0.2, 0) is 20.8 Å². The third-order valence-corrected chi connectivity index (χ3v) is 5.26. The molecule has 2 aliphatic rings. The molecule has 3 heterocycles. The summed E-state index contributed by atoms with van der Waals surface area (Å²) in [4.78, 5) is 37.3.